The van der Waals surface area contributed by atoms with Crippen molar-refractivity contribution in [1.29, 1.82) is 0 Å². The zero-order valence-electron chi connectivity index (χ0n) is 11.9. The summed E-state index contributed by atoms with van der Waals surface area (Å²) in [4.78, 5) is 0. The van der Waals surface area contributed by atoms with Crippen LogP contribution in [0.3, 0.4) is 0 Å². The van der Waals surface area contributed by atoms with E-state index in [1.807, 2.05) is 54.6 Å². The molecule has 0 radical (unpaired) electrons. The van der Waals surface area contributed by atoms with Crippen LogP contribution in [0.25, 0.3) is 0 Å². The van der Waals surface area contributed by atoms with E-state index in [4.69, 9.17) is 4.74 Å². The van der Waals surface area contributed by atoms with Crippen molar-refractivity contribution in [3.8, 4) is 5.75 Å². The lowest BCUT2D eigenvalue weighted by Crippen LogP contribution is -2.25. The third-order valence-corrected chi connectivity index (χ3v) is 3.41. The molecule has 2 aromatic carbocycles. The number of aliphatic hydroxyl groups is 1. The lowest BCUT2D eigenvalue weighted by molar-refractivity contribution is 0.170. The molecule has 0 spiro atoms. The summed E-state index contributed by atoms with van der Waals surface area (Å²) in [6.45, 7) is 2.57. The minimum Gasteiger partial charge on any atom is -0.496 e. The van der Waals surface area contributed by atoms with Crippen LogP contribution >= 0.6 is 0 Å². The van der Waals surface area contributed by atoms with Crippen LogP contribution in [0.4, 0.5) is 0 Å². The number of nitrogens with one attached hydrogen (secondary N) is 1. The number of hydrogen-bond donors (Lipinski definition) is 2. The summed E-state index contributed by atoms with van der Waals surface area (Å²) in [5, 5.41) is 13.5. The molecule has 0 heterocycles. The molecule has 20 heavy (non-hydrogen) atoms. The van der Waals surface area contributed by atoms with Gasteiger partial charge in [0.2, 0.25) is 0 Å². The van der Waals surface area contributed by atoms with E-state index in [9.17, 15) is 5.11 Å². The molecule has 106 valence electrons. The van der Waals surface area contributed by atoms with Gasteiger partial charge in [0.05, 0.1) is 13.2 Å². The molecule has 0 aliphatic carbocycles. The van der Waals surface area contributed by atoms with Gasteiger partial charge in [0.1, 0.15) is 5.75 Å². The summed E-state index contributed by atoms with van der Waals surface area (Å²) in [6.07, 6.45) is -0.506. The molecule has 2 N–H and O–H groups in total. The van der Waals surface area contributed by atoms with Crippen LogP contribution in [0.5, 0.6) is 5.75 Å². The monoisotopic (exact) mass is 271 g/mol. The Bertz CT molecular complexity index is 528. The molecular weight excluding hydrogens is 250 g/mol. The third kappa shape index (κ3) is 3.59. The first-order valence-electron chi connectivity index (χ1n) is 6.81. The summed E-state index contributed by atoms with van der Waals surface area (Å²) in [7, 11) is 1.67. The molecule has 3 heteroatoms. The minimum atomic E-state index is -0.506. The molecule has 0 aliphatic rings. The second-order valence-corrected chi connectivity index (χ2v) is 4.80. The minimum absolute atomic E-state index is 0.115. The van der Waals surface area contributed by atoms with Crippen LogP contribution < -0.4 is 10.1 Å². The first-order valence-corrected chi connectivity index (χ1v) is 6.81. The fourth-order valence-corrected chi connectivity index (χ4v) is 2.22. The van der Waals surface area contributed by atoms with E-state index < -0.39 is 6.10 Å². The smallest absolute Gasteiger partial charge is 0.123 e. The SMILES string of the molecule is COc1ccccc1[C@@H](C)NC[C@@H](O)c1ccccc1. The largest absolute Gasteiger partial charge is 0.496 e. The van der Waals surface area contributed by atoms with Gasteiger partial charge in [0.15, 0.2) is 0 Å². The first-order chi connectivity index (χ1) is 9.72. The van der Waals surface area contributed by atoms with Crippen molar-refractivity contribution in [2.45, 2.75) is 19.1 Å². The van der Waals surface area contributed by atoms with Gasteiger partial charge in [-0.15, -0.1) is 0 Å². The van der Waals surface area contributed by atoms with Gasteiger partial charge < -0.3 is 15.2 Å². The van der Waals surface area contributed by atoms with Crippen molar-refractivity contribution < 1.29 is 9.84 Å². The number of rotatable bonds is 6. The lowest BCUT2D eigenvalue weighted by atomic mass is 10.1. The number of methoxy groups -OCH3 is 1. The summed E-state index contributed by atoms with van der Waals surface area (Å²) in [5.41, 5.74) is 2.02. The van der Waals surface area contributed by atoms with Crippen LogP contribution in [0.15, 0.2) is 54.6 Å². The molecule has 0 aliphatic heterocycles. The number of benzene rings is 2. The van der Waals surface area contributed by atoms with Crippen LogP contribution in [-0.4, -0.2) is 18.8 Å². The lowest BCUT2D eigenvalue weighted by Gasteiger charge is -2.19. The summed E-state index contributed by atoms with van der Waals surface area (Å²) >= 11 is 0. The highest BCUT2D eigenvalue weighted by atomic mass is 16.5. The average Bonchev–Trinajstić information content (AvgIpc) is 2.53. The van der Waals surface area contributed by atoms with Crippen molar-refractivity contribution in [1.82, 2.24) is 5.32 Å². The molecule has 0 amide bonds. The topological polar surface area (TPSA) is 41.5 Å². The maximum absolute atomic E-state index is 10.1. The summed E-state index contributed by atoms with van der Waals surface area (Å²) in [6, 6.07) is 17.7. The van der Waals surface area contributed by atoms with Crippen LogP contribution in [-0.2, 0) is 0 Å². The number of hydrogen-bond acceptors (Lipinski definition) is 3. The molecule has 0 unspecified atom stereocenters. The number of ether oxygens (including phenoxy) is 1. The Morgan fingerprint density at radius 3 is 2.40 bits per heavy atom. The second-order valence-electron chi connectivity index (χ2n) is 4.80. The van der Waals surface area contributed by atoms with Gasteiger partial charge in [-0.05, 0) is 18.6 Å². The molecule has 0 bridgehead atoms. The highest BCUT2D eigenvalue weighted by Crippen LogP contribution is 2.24. The highest BCUT2D eigenvalue weighted by Gasteiger charge is 2.13. The number of aliphatic hydroxyl groups excluding tert-OH is 1. The van der Waals surface area contributed by atoms with Gasteiger partial charge in [-0.3, -0.25) is 0 Å². The summed E-state index contributed by atoms with van der Waals surface area (Å²) in [5.74, 6) is 0.863. The van der Waals surface area contributed by atoms with Crippen molar-refractivity contribution in [3.63, 3.8) is 0 Å². The van der Waals surface area contributed by atoms with Gasteiger partial charge in [-0.25, -0.2) is 0 Å². The van der Waals surface area contributed by atoms with Gasteiger partial charge in [0.25, 0.3) is 0 Å². The zero-order chi connectivity index (χ0) is 14.4. The molecular formula is C17H21NO2. The first kappa shape index (κ1) is 14.6. The van der Waals surface area contributed by atoms with E-state index in [-0.39, 0.29) is 6.04 Å². The van der Waals surface area contributed by atoms with E-state index in [1.54, 1.807) is 7.11 Å². The molecule has 0 saturated carbocycles. The van der Waals surface area contributed by atoms with Gasteiger partial charge >= 0.3 is 0 Å². The van der Waals surface area contributed by atoms with E-state index in [0.717, 1.165) is 16.9 Å². The van der Waals surface area contributed by atoms with E-state index in [0.29, 0.717) is 6.54 Å². The fourth-order valence-electron chi connectivity index (χ4n) is 2.22. The van der Waals surface area contributed by atoms with Crippen molar-refractivity contribution in [3.05, 3.63) is 65.7 Å². The summed E-state index contributed by atoms with van der Waals surface area (Å²) < 4.78 is 5.36. The Hall–Kier alpha value is -1.84. The maximum Gasteiger partial charge on any atom is 0.123 e. The van der Waals surface area contributed by atoms with E-state index in [1.165, 1.54) is 0 Å². The maximum atomic E-state index is 10.1. The Morgan fingerprint density at radius 2 is 1.70 bits per heavy atom. The second kappa shape index (κ2) is 7.08. The Balaban J connectivity index is 1.97. The average molecular weight is 271 g/mol. The highest BCUT2D eigenvalue weighted by molar-refractivity contribution is 5.35. The normalized spacial score (nSPS) is 13.8. The predicted molar refractivity (Wildman–Crippen MR) is 80.8 cm³/mol. The van der Waals surface area contributed by atoms with Crippen LogP contribution in [0.2, 0.25) is 0 Å². The Kier molecular flexibility index (Phi) is 5.16. The number of para-hydroxylation sites is 1. The van der Waals surface area contributed by atoms with E-state index in [2.05, 4.69) is 12.2 Å². The molecule has 0 saturated heterocycles. The zero-order valence-corrected chi connectivity index (χ0v) is 11.9. The standard InChI is InChI=1S/C17H21NO2/c1-13(15-10-6-7-11-17(15)20-2)18-12-16(19)14-8-4-3-5-9-14/h3-11,13,16,18-19H,12H2,1-2H3/t13-,16-/m1/s1. The van der Waals surface area contributed by atoms with Crippen molar-refractivity contribution >= 4 is 0 Å². The molecule has 2 rings (SSSR count). The molecule has 3 nitrogen and oxygen atoms in total. The molecule has 2 aromatic rings. The van der Waals surface area contributed by atoms with Crippen LogP contribution in [0, 0.1) is 0 Å². The Labute approximate surface area is 120 Å². The van der Waals surface area contributed by atoms with E-state index >= 15 is 0 Å². The van der Waals surface area contributed by atoms with Crippen molar-refractivity contribution in [2.75, 3.05) is 13.7 Å². The molecule has 2 atom stereocenters. The van der Waals surface area contributed by atoms with Crippen molar-refractivity contribution in [2.24, 2.45) is 0 Å². The van der Waals surface area contributed by atoms with Gasteiger partial charge in [-0.1, -0.05) is 48.5 Å². The Morgan fingerprint density at radius 1 is 1.05 bits per heavy atom. The quantitative estimate of drug-likeness (QED) is 0.848. The van der Waals surface area contributed by atoms with Crippen LogP contribution in [0.1, 0.15) is 30.2 Å². The molecule has 0 fully saturated rings. The van der Waals surface area contributed by atoms with Gasteiger partial charge in [0, 0.05) is 18.2 Å². The fraction of sp³-hybridized carbons (Fsp3) is 0.294. The molecule has 0 aromatic heterocycles. The van der Waals surface area contributed by atoms with Gasteiger partial charge in [-0.2, -0.15) is 0 Å². The predicted octanol–water partition coefficient (Wildman–Crippen LogP) is 3.08. The third-order valence-electron chi connectivity index (χ3n) is 3.41.